The first kappa shape index (κ1) is 45.0. The number of imidazole rings is 1. The van der Waals surface area contributed by atoms with Crippen LogP contribution in [0.15, 0.2) is 182 Å². The van der Waals surface area contributed by atoms with Crippen molar-refractivity contribution in [1.29, 1.82) is 0 Å². The quantitative estimate of drug-likeness (QED) is 0.135. The third-order valence-corrected chi connectivity index (χ3v) is 13.4. The molecule has 0 N–H and O–H groups in total. The van der Waals surface area contributed by atoms with Gasteiger partial charge in [0.1, 0.15) is 5.82 Å². The number of fused-ring (bicyclic) bond motifs is 1. The maximum absolute atomic E-state index is 9.04. The Balaban J connectivity index is 0.00000672. The van der Waals surface area contributed by atoms with Crippen molar-refractivity contribution in [3.63, 3.8) is 0 Å². The molecule has 0 aliphatic carbocycles. The fraction of sp³-hybridized carbons (Fsp3) is 0.167. The average Bonchev–Trinajstić information content (AvgIpc) is 3.77. The Bertz CT molecular complexity index is 3660. The molecular formula is C66H59N3OPt. The number of rotatable bonds is 9. The van der Waals surface area contributed by atoms with Crippen LogP contribution in [-0.2, 0) is 31.9 Å². The molecule has 0 fully saturated rings. The van der Waals surface area contributed by atoms with Gasteiger partial charge >= 0.3 is 21.1 Å². The molecule has 0 amide bonds. The van der Waals surface area contributed by atoms with E-state index in [-0.39, 0.29) is 37.5 Å². The van der Waals surface area contributed by atoms with Gasteiger partial charge in [0.05, 0.1) is 28.0 Å². The van der Waals surface area contributed by atoms with Crippen molar-refractivity contribution in [2.45, 2.75) is 73.1 Å². The van der Waals surface area contributed by atoms with Crippen LogP contribution in [-0.4, -0.2) is 14.5 Å². The molecule has 10 aromatic rings. The third-order valence-electron chi connectivity index (χ3n) is 13.4. The van der Waals surface area contributed by atoms with Crippen LogP contribution in [0.5, 0.6) is 5.75 Å². The maximum atomic E-state index is 9.04. The van der Waals surface area contributed by atoms with E-state index in [1.54, 1.807) is 0 Å². The molecule has 0 bridgehead atoms. The first-order valence-electron chi connectivity index (χ1n) is 25.5. The minimum absolute atomic E-state index is 0. The normalized spacial score (nSPS) is 12.5. The topological polar surface area (TPSA) is 39.9 Å². The Hall–Kier alpha value is -7.13. The number of pyridine rings is 1. The number of benzene rings is 8. The summed E-state index contributed by atoms with van der Waals surface area (Å²) in [5.74, 6) is 1.17. The van der Waals surface area contributed by atoms with Crippen molar-refractivity contribution in [2.24, 2.45) is 0 Å². The summed E-state index contributed by atoms with van der Waals surface area (Å²) < 4.78 is 35.2. The molecular weight excluding hydrogens is 1050 g/mol. The number of hydrogen-bond acceptors (Lipinski definition) is 3. The van der Waals surface area contributed by atoms with Crippen LogP contribution in [0.3, 0.4) is 0 Å². The number of hydrogen-bond donors (Lipinski definition) is 0. The van der Waals surface area contributed by atoms with Gasteiger partial charge in [0.25, 0.3) is 0 Å². The Morgan fingerprint density at radius 1 is 0.535 bits per heavy atom. The summed E-state index contributed by atoms with van der Waals surface area (Å²) in [4.78, 5) is 10.6. The van der Waals surface area contributed by atoms with Crippen molar-refractivity contribution in [2.75, 3.05) is 0 Å². The van der Waals surface area contributed by atoms with E-state index in [4.69, 9.17) is 18.8 Å². The Kier molecular flexibility index (Phi) is 12.4. The molecule has 0 aliphatic rings. The predicted octanol–water partition coefficient (Wildman–Crippen LogP) is 17.6. The second-order valence-corrected chi connectivity index (χ2v) is 20.5. The van der Waals surface area contributed by atoms with Gasteiger partial charge in [-0.25, -0.2) is 4.98 Å². The number of aromatic nitrogens is 3. The molecule has 0 saturated heterocycles. The number of ether oxygens (including phenoxy) is 1. The van der Waals surface area contributed by atoms with E-state index in [2.05, 4.69) is 194 Å². The average molecular weight is 1110 g/mol. The minimum atomic E-state index is -2.46. The number of aryl methyl sites for hydroxylation is 3. The van der Waals surface area contributed by atoms with Crippen molar-refractivity contribution in [1.82, 2.24) is 14.5 Å². The van der Waals surface area contributed by atoms with Crippen LogP contribution in [0.4, 0.5) is 0 Å². The van der Waals surface area contributed by atoms with E-state index in [1.165, 1.54) is 11.1 Å². The summed E-state index contributed by atoms with van der Waals surface area (Å²) in [6.07, 6.45) is 1.87. The van der Waals surface area contributed by atoms with Crippen LogP contribution < -0.4 is 4.74 Å². The Morgan fingerprint density at radius 2 is 1.14 bits per heavy atom. The molecule has 4 nitrogen and oxygen atoms in total. The zero-order valence-electron chi connectivity index (χ0n) is 44.6. The van der Waals surface area contributed by atoms with Crippen LogP contribution in [0, 0.1) is 33.9 Å². The molecule has 0 spiro atoms. The van der Waals surface area contributed by atoms with E-state index < -0.39 is 6.85 Å². The van der Waals surface area contributed by atoms with Crippen LogP contribution in [0.2, 0.25) is 0 Å². The molecule has 0 unspecified atom stereocenters. The van der Waals surface area contributed by atoms with Gasteiger partial charge in [-0.05, 0) is 123 Å². The van der Waals surface area contributed by atoms with Crippen LogP contribution >= 0.6 is 0 Å². The van der Waals surface area contributed by atoms with Crippen molar-refractivity contribution >= 4 is 11.0 Å². The summed E-state index contributed by atoms with van der Waals surface area (Å²) in [7, 11) is 3.93. The van der Waals surface area contributed by atoms with E-state index in [9.17, 15) is 0 Å². The standard InChI is InChI=1S/C66H59N3O.Pt/c1-42-34-44(3)63(70-10)58(35-42)64-68-62-55(51-37-52(39-54(38-51)66(7,8)9)59-40-50(32-33-67-59)47-26-24-46(25-27-47)45-18-13-11-14-19-45)22-17-23-60(62)69(64)61-36-43(2)56(48-20-15-12-16-21-48)41-57(61)49-28-30-53(31-29-49)65(4,5)6;/h11-36,38-41H,10H2,1-9H3;/q-2;+2/i2D3;. The first-order valence-corrected chi connectivity index (χ1v) is 24.0. The van der Waals surface area contributed by atoms with Gasteiger partial charge in [0, 0.05) is 21.6 Å². The second-order valence-electron chi connectivity index (χ2n) is 20.5. The van der Waals surface area contributed by atoms with Crippen LogP contribution in [0.1, 0.15) is 73.5 Å². The molecule has 5 heteroatoms. The minimum Gasteiger partial charge on any atom is -0.665 e. The van der Waals surface area contributed by atoms with E-state index in [0.29, 0.717) is 22.8 Å². The van der Waals surface area contributed by atoms with Crippen molar-refractivity contribution in [3.8, 4) is 89.7 Å². The molecule has 0 saturated carbocycles. The summed E-state index contributed by atoms with van der Waals surface area (Å²) in [5, 5.41) is 0. The summed E-state index contributed by atoms with van der Waals surface area (Å²) in [5.41, 5.74) is 18.2. The van der Waals surface area contributed by atoms with E-state index in [0.717, 1.165) is 89.1 Å². The zero-order valence-corrected chi connectivity index (χ0v) is 43.9. The Morgan fingerprint density at radius 3 is 1.79 bits per heavy atom. The Labute approximate surface area is 439 Å². The maximum Gasteiger partial charge on any atom is 2.00 e. The summed E-state index contributed by atoms with van der Waals surface area (Å²) in [6.45, 7) is 14.9. The molecule has 0 radical (unpaired) electrons. The monoisotopic (exact) mass is 1110 g/mol. The first-order chi connectivity index (χ1) is 34.8. The third kappa shape index (κ3) is 9.71. The molecule has 2 aromatic heterocycles. The molecule has 2 heterocycles. The molecule has 0 atom stereocenters. The van der Waals surface area contributed by atoms with Gasteiger partial charge in [-0.3, -0.25) is 9.55 Å². The SMILES string of the molecule is [2H]C([2H])([2H])c1cc(-n2c(-c3cc(C)cc(C)c3O[CH2-])nc3c(-c4[c-]c(-c5cc(-c6ccc(-c7ccccc7)cc6)ccn5)cc(C(C)(C)C)c4)cccc32)c(-c2ccc(C(C)(C)C)cc2)cc1-c1ccccc1.[Pt+2]. The van der Waals surface area contributed by atoms with Gasteiger partial charge < -0.3 is 4.74 Å². The predicted molar refractivity (Wildman–Crippen MR) is 293 cm³/mol. The molecule has 71 heavy (non-hydrogen) atoms. The van der Waals surface area contributed by atoms with Crippen molar-refractivity contribution < 1.29 is 29.9 Å². The van der Waals surface area contributed by atoms with Crippen LogP contribution in [0.25, 0.3) is 95.0 Å². The summed E-state index contributed by atoms with van der Waals surface area (Å²) in [6, 6.07) is 64.2. The van der Waals surface area contributed by atoms with Gasteiger partial charge in [0.15, 0.2) is 0 Å². The van der Waals surface area contributed by atoms with Gasteiger partial charge in [0.2, 0.25) is 0 Å². The fourth-order valence-corrected chi connectivity index (χ4v) is 9.59. The van der Waals surface area contributed by atoms with Crippen molar-refractivity contribution in [3.05, 3.63) is 223 Å². The largest absolute Gasteiger partial charge is 2.00 e. The van der Waals surface area contributed by atoms with E-state index >= 15 is 0 Å². The molecule has 8 aromatic carbocycles. The number of nitrogens with zero attached hydrogens (tertiary/aromatic N) is 3. The molecule has 0 aliphatic heterocycles. The fourth-order valence-electron chi connectivity index (χ4n) is 9.59. The number of para-hydroxylation sites is 1. The molecule has 10 rings (SSSR count). The van der Waals surface area contributed by atoms with Gasteiger partial charge in [-0.2, -0.15) is 7.11 Å². The second kappa shape index (κ2) is 19.6. The molecule has 354 valence electrons. The zero-order chi connectivity index (χ0) is 51.4. The smallest absolute Gasteiger partial charge is 0.665 e. The van der Waals surface area contributed by atoms with Gasteiger partial charge in [-0.1, -0.05) is 186 Å². The van der Waals surface area contributed by atoms with Gasteiger partial charge in [-0.15, -0.1) is 29.3 Å². The summed E-state index contributed by atoms with van der Waals surface area (Å²) >= 11 is 0. The van der Waals surface area contributed by atoms with E-state index in [1.807, 2.05) is 61.7 Å².